The minimum atomic E-state index is 0.766. The summed E-state index contributed by atoms with van der Waals surface area (Å²) >= 11 is 2.08. The maximum absolute atomic E-state index is 2.24. The van der Waals surface area contributed by atoms with Gasteiger partial charge in [0, 0.05) is 10.5 Å². The van der Waals surface area contributed by atoms with Crippen LogP contribution in [-0.4, -0.2) is 22.0 Å². The fourth-order valence-electron chi connectivity index (χ4n) is 0.715. The van der Waals surface area contributed by atoms with Gasteiger partial charge in [0.25, 0.3) is 0 Å². The van der Waals surface area contributed by atoms with Gasteiger partial charge in [-0.15, -0.1) is 0 Å². The van der Waals surface area contributed by atoms with Gasteiger partial charge in [-0.05, 0) is 24.3 Å². The first-order chi connectivity index (χ1) is 7.54. The van der Waals surface area contributed by atoms with Crippen LogP contribution in [0.1, 0.15) is 60.8 Å². The van der Waals surface area contributed by atoms with Gasteiger partial charge in [0.15, 0.2) is 0 Å². The SMILES string of the molecule is CC(C)SSC(C)C.CCCCSCCC. The summed E-state index contributed by atoms with van der Waals surface area (Å²) in [7, 11) is 3.91. The number of thioether (sulfide) groups is 1. The molecule has 0 radical (unpaired) electrons. The predicted octanol–water partition coefficient (Wildman–Crippen LogP) is 6.11. The fourth-order valence-corrected chi connectivity index (χ4v) is 3.48. The predicted molar refractivity (Wildman–Crippen MR) is 88.0 cm³/mol. The Kier molecular flexibility index (Phi) is 19.5. The molecular formula is C13H30S3. The Morgan fingerprint density at radius 1 is 0.750 bits per heavy atom. The highest BCUT2D eigenvalue weighted by atomic mass is 33.1. The smallest absolute Gasteiger partial charge is 0.00945 e. The molecular weight excluding hydrogens is 252 g/mol. The molecule has 0 nitrogen and oxygen atoms in total. The summed E-state index contributed by atoms with van der Waals surface area (Å²) in [6.45, 7) is 13.4. The highest BCUT2D eigenvalue weighted by molar-refractivity contribution is 8.77. The average molecular weight is 283 g/mol. The van der Waals surface area contributed by atoms with Crippen LogP contribution in [-0.2, 0) is 0 Å². The maximum atomic E-state index is 2.24. The van der Waals surface area contributed by atoms with E-state index in [1.807, 2.05) is 21.6 Å². The summed E-state index contributed by atoms with van der Waals surface area (Å²) in [6, 6.07) is 0. The molecule has 0 spiro atoms. The summed E-state index contributed by atoms with van der Waals surface area (Å²) in [6.07, 6.45) is 4.07. The van der Waals surface area contributed by atoms with Crippen molar-refractivity contribution in [3.8, 4) is 0 Å². The molecule has 0 atom stereocenters. The highest BCUT2D eigenvalue weighted by Crippen LogP contribution is 2.29. The molecule has 100 valence electrons. The molecule has 0 heterocycles. The van der Waals surface area contributed by atoms with Crippen LogP contribution in [0, 0.1) is 0 Å². The van der Waals surface area contributed by atoms with Crippen molar-refractivity contribution in [2.45, 2.75) is 71.3 Å². The first-order valence-corrected chi connectivity index (χ1v) is 9.87. The molecule has 0 saturated heterocycles. The molecule has 0 amide bonds. The van der Waals surface area contributed by atoms with Gasteiger partial charge in [-0.25, -0.2) is 0 Å². The van der Waals surface area contributed by atoms with Gasteiger partial charge in [0.1, 0.15) is 0 Å². The molecule has 0 aromatic rings. The third-order valence-corrected chi connectivity index (χ3v) is 6.23. The van der Waals surface area contributed by atoms with Gasteiger partial charge >= 0.3 is 0 Å². The second-order valence-corrected chi connectivity index (χ2v) is 8.91. The summed E-state index contributed by atoms with van der Waals surface area (Å²) in [5, 5.41) is 1.53. The monoisotopic (exact) mass is 282 g/mol. The second kappa shape index (κ2) is 16.1. The van der Waals surface area contributed by atoms with Crippen molar-refractivity contribution in [3.63, 3.8) is 0 Å². The van der Waals surface area contributed by atoms with Crippen LogP contribution in [0.15, 0.2) is 0 Å². The van der Waals surface area contributed by atoms with Gasteiger partial charge < -0.3 is 0 Å². The van der Waals surface area contributed by atoms with Crippen LogP contribution >= 0.6 is 33.3 Å². The van der Waals surface area contributed by atoms with Crippen molar-refractivity contribution < 1.29 is 0 Å². The topological polar surface area (TPSA) is 0 Å². The van der Waals surface area contributed by atoms with E-state index in [4.69, 9.17) is 0 Å². The molecule has 0 saturated carbocycles. The zero-order chi connectivity index (χ0) is 12.8. The molecule has 0 bridgehead atoms. The molecule has 0 aliphatic carbocycles. The molecule has 0 unspecified atom stereocenters. The summed E-state index contributed by atoms with van der Waals surface area (Å²) in [5.41, 5.74) is 0. The molecule has 0 aliphatic rings. The van der Waals surface area contributed by atoms with Crippen LogP contribution < -0.4 is 0 Å². The van der Waals surface area contributed by atoms with Crippen LogP contribution in [0.3, 0.4) is 0 Å². The number of hydrogen-bond acceptors (Lipinski definition) is 3. The Labute approximate surface area is 116 Å². The van der Waals surface area contributed by atoms with E-state index < -0.39 is 0 Å². The Hall–Kier alpha value is 1.05. The van der Waals surface area contributed by atoms with Gasteiger partial charge in [0.05, 0.1) is 0 Å². The number of unbranched alkanes of at least 4 members (excludes halogenated alkanes) is 1. The third kappa shape index (κ3) is 24.3. The zero-order valence-corrected chi connectivity index (χ0v) is 14.4. The molecule has 0 fully saturated rings. The lowest BCUT2D eigenvalue weighted by molar-refractivity contribution is 0.895. The van der Waals surface area contributed by atoms with Crippen molar-refractivity contribution in [1.82, 2.24) is 0 Å². The van der Waals surface area contributed by atoms with E-state index in [0.717, 1.165) is 10.5 Å². The molecule has 0 aromatic heterocycles. The van der Waals surface area contributed by atoms with E-state index in [9.17, 15) is 0 Å². The van der Waals surface area contributed by atoms with Gasteiger partial charge in [-0.1, -0.05) is 69.6 Å². The minimum absolute atomic E-state index is 0.766. The molecule has 0 N–H and O–H groups in total. The van der Waals surface area contributed by atoms with Crippen LogP contribution in [0.4, 0.5) is 0 Å². The molecule has 0 aromatic carbocycles. The first-order valence-electron chi connectivity index (χ1n) is 6.44. The Morgan fingerprint density at radius 3 is 1.56 bits per heavy atom. The third-order valence-electron chi connectivity index (χ3n) is 1.43. The van der Waals surface area contributed by atoms with Crippen molar-refractivity contribution in [2.75, 3.05) is 11.5 Å². The largest absolute Gasteiger partial charge is 0.162 e. The van der Waals surface area contributed by atoms with Gasteiger partial charge in [-0.2, -0.15) is 11.8 Å². The normalized spacial score (nSPS) is 10.5. The Bertz CT molecular complexity index is 99.7. The minimum Gasteiger partial charge on any atom is -0.162 e. The maximum Gasteiger partial charge on any atom is 0.00945 e. The van der Waals surface area contributed by atoms with E-state index in [2.05, 4.69) is 53.3 Å². The van der Waals surface area contributed by atoms with E-state index in [0.29, 0.717) is 0 Å². The first kappa shape index (κ1) is 19.4. The molecule has 0 rings (SSSR count). The zero-order valence-electron chi connectivity index (χ0n) is 11.9. The number of hydrogen-bond donors (Lipinski definition) is 0. The highest BCUT2D eigenvalue weighted by Gasteiger charge is 1.96. The lowest BCUT2D eigenvalue weighted by Crippen LogP contribution is -1.86. The van der Waals surface area contributed by atoms with E-state index in [-0.39, 0.29) is 0 Å². The standard InChI is InChI=1S/C7H16S.C6H14S2/c1-3-5-7-8-6-4-2;1-5(2)7-8-6(3)4/h3-7H2,1-2H3;5-6H,1-4H3. The van der Waals surface area contributed by atoms with Gasteiger partial charge in [-0.3, -0.25) is 0 Å². The summed E-state index contributed by atoms with van der Waals surface area (Å²) in [5.74, 6) is 2.71. The number of rotatable bonds is 8. The van der Waals surface area contributed by atoms with E-state index in [1.165, 1.54) is 30.8 Å². The quantitative estimate of drug-likeness (QED) is 0.389. The van der Waals surface area contributed by atoms with Crippen LogP contribution in [0.25, 0.3) is 0 Å². The lowest BCUT2D eigenvalue weighted by atomic mass is 10.4. The van der Waals surface area contributed by atoms with Crippen molar-refractivity contribution in [1.29, 1.82) is 0 Å². The summed E-state index contributed by atoms with van der Waals surface area (Å²) in [4.78, 5) is 0. The molecule has 0 aliphatic heterocycles. The van der Waals surface area contributed by atoms with Gasteiger partial charge in [0.2, 0.25) is 0 Å². The average Bonchev–Trinajstić information content (AvgIpc) is 2.23. The fraction of sp³-hybridized carbons (Fsp3) is 1.00. The lowest BCUT2D eigenvalue weighted by Gasteiger charge is -2.04. The van der Waals surface area contributed by atoms with E-state index >= 15 is 0 Å². The second-order valence-electron chi connectivity index (χ2n) is 4.26. The van der Waals surface area contributed by atoms with Crippen molar-refractivity contribution >= 4 is 33.3 Å². The molecule has 3 heteroatoms. The molecule has 16 heavy (non-hydrogen) atoms. The van der Waals surface area contributed by atoms with Crippen molar-refractivity contribution in [2.24, 2.45) is 0 Å². The van der Waals surface area contributed by atoms with Crippen LogP contribution in [0.5, 0.6) is 0 Å². The Morgan fingerprint density at radius 2 is 1.25 bits per heavy atom. The summed E-state index contributed by atoms with van der Waals surface area (Å²) < 4.78 is 0. The Balaban J connectivity index is 0. The van der Waals surface area contributed by atoms with E-state index in [1.54, 1.807) is 0 Å². The van der Waals surface area contributed by atoms with Crippen LogP contribution in [0.2, 0.25) is 0 Å². The van der Waals surface area contributed by atoms with Crippen molar-refractivity contribution in [3.05, 3.63) is 0 Å².